The normalized spacial score (nSPS) is 11.7. The van der Waals surface area contributed by atoms with Gasteiger partial charge in [-0.1, -0.05) is 32.0 Å². The van der Waals surface area contributed by atoms with E-state index in [0.717, 1.165) is 5.56 Å². The topological polar surface area (TPSA) is 78.5 Å². The second-order valence-corrected chi connectivity index (χ2v) is 7.59. The van der Waals surface area contributed by atoms with Crippen LogP contribution in [0.15, 0.2) is 41.8 Å². The van der Waals surface area contributed by atoms with E-state index in [1.807, 2.05) is 31.4 Å². The third kappa shape index (κ3) is 5.40. The number of nitrogens with zero attached hydrogens (tertiary/aromatic N) is 1. The summed E-state index contributed by atoms with van der Waals surface area (Å²) in [6.07, 6.45) is 0. The average Bonchev–Trinajstić information content (AvgIpc) is 3.20. The zero-order valence-electron chi connectivity index (χ0n) is 16.0. The Morgan fingerprint density at radius 1 is 1.07 bits per heavy atom. The quantitative estimate of drug-likeness (QED) is 0.766. The molecule has 1 heterocycles. The molecule has 1 aromatic heterocycles. The second kappa shape index (κ2) is 9.32. The molecule has 0 aliphatic heterocycles. The van der Waals surface area contributed by atoms with Gasteiger partial charge in [-0.05, 0) is 35.1 Å². The molecule has 1 aromatic carbocycles. The van der Waals surface area contributed by atoms with Gasteiger partial charge in [-0.15, -0.1) is 11.3 Å². The highest BCUT2D eigenvalue weighted by Crippen LogP contribution is 2.13. The third-order valence-electron chi connectivity index (χ3n) is 4.20. The molecule has 0 saturated carbocycles. The molecule has 7 heteroatoms. The molecule has 0 bridgehead atoms. The van der Waals surface area contributed by atoms with Gasteiger partial charge in [0, 0.05) is 26.2 Å². The summed E-state index contributed by atoms with van der Waals surface area (Å²) in [5.41, 5.74) is 1.48. The van der Waals surface area contributed by atoms with Crippen LogP contribution in [-0.2, 0) is 11.3 Å². The minimum Gasteiger partial charge on any atom is -0.355 e. The van der Waals surface area contributed by atoms with Crippen LogP contribution in [0.4, 0.5) is 0 Å². The van der Waals surface area contributed by atoms with Crippen molar-refractivity contribution >= 4 is 29.1 Å². The number of hydrogen-bond acceptors (Lipinski definition) is 4. The molecule has 6 nitrogen and oxygen atoms in total. The van der Waals surface area contributed by atoms with Gasteiger partial charge in [0.1, 0.15) is 6.04 Å². The van der Waals surface area contributed by atoms with E-state index in [4.69, 9.17) is 0 Å². The Kier molecular flexibility index (Phi) is 7.12. The fourth-order valence-corrected chi connectivity index (χ4v) is 3.26. The Balaban J connectivity index is 2.04. The SMILES string of the molecule is CNC(=O)c1ccc(CN(C)C(=O)C(NC(=O)c2cccs2)C(C)C)cc1. The lowest BCUT2D eigenvalue weighted by Gasteiger charge is -2.27. The first-order valence-electron chi connectivity index (χ1n) is 8.73. The van der Waals surface area contributed by atoms with Gasteiger partial charge in [-0.3, -0.25) is 14.4 Å². The number of benzene rings is 1. The van der Waals surface area contributed by atoms with Crippen molar-refractivity contribution in [2.24, 2.45) is 5.92 Å². The van der Waals surface area contributed by atoms with Gasteiger partial charge in [0.25, 0.3) is 11.8 Å². The predicted octanol–water partition coefficient (Wildman–Crippen LogP) is 2.52. The molecular weight excluding hydrogens is 362 g/mol. The molecule has 0 fully saturated rings. The number of amides is 3. The summed E-state index contributed by atoms with van der Waals surface area (Å²) in [7, 11) is 3.29. The Bertz CT molecular complexity index is 785. The number of carbonyl (C=O) groups is 3. The zero-order valence-corrected chi connectivity index (χ0v) is 16.8. The molecule has 0 spiro atoms. The first kappa shape index (κ1) is 20.6. The molecule has 0 radical (unpaired) electrons. The van der Waals surface area contributed by atoms with Gasteiger partial charge in [0.15, 0.2) is 0 Å². The van der Waals surface area contributed by atoms with Crippen LogP contribution in [0.2, 0.25) is 0 Å². The van der Waals surface area contributed by atoms with Gasteiger partial charge in [-0.2, -0.15) is 0 Å². The number of hydrogen-bond donors (Lipinski definition) is 2. The molecule has 1 unspecified atom stereocenters. The van der Waals surface area contributed by atoms with E-state index in [1.54, 1.807) is 43.3 Å². The lowest BCUT2D eigenvalue weighted by Crippen LogP contribution is -2.49. The predicted molar refractivity (Wildman–Crippen MR) is 107 cm³/mol. The summed E-state index contributed by atoms with van der Waals surface area (Å²) >= 11 is 1.34. The summed E-state index contributed by atoms with van der Waals surface area (Å²) in [6.45, 7) is 4.21. The van der Waals surface area contributed by atoms with E-state index in [-0.39, 0.29) is 23.6 Å². The maximum Gasteiger partial charge on any atom is 0.262 e. The lowest BCUT2D eigenvalue weighted by molar-refractivity contribution is -0.133. The Labute approximate surface area is 163 Å². The first-order chi connectivity index (χ1) is 12.8. The molecule has 0 saturated heterocycles. The van der Waals surface area contributed by atoms with Crippen molar-refractivity contribution in [1.29, 1.82) is 0 Å². The van der Waals surface area contributed by atoms with Gasteiger partial charge in [0.2, 0.25) is 5.91 Å². The zero-order chi connectivity index (χ0) is 20.0. The van der Waals surface area contributed by atoms with E-state index in [1.165, 1.54) is 11.3 Å². The van der Waals surface area contributed by atoms with Crippen molar-refractivity contribution in [2.75, 3.05) is 14.1 Å². The van der Waals surface area contributed by atoms with E-state index < -0.39 is 6.04 Å². The number of nitrogens with one attached hydrogen (secondary N) is 2. The van der Waals surface area contributed by atoms with Crippen LogP contribution >= 0.6 is 11.3 Å². The van der Waals surface area contributed by atoms with E-state index in [9.17, 15) is 14.4 Å². The summed E-state index contributed by atoms with van der Waals surface area (Å²) < 4.78 is 0. The van der Waals surface area contributed by atoms with Crippen molar-refractivity contribution in [1.82, 2.24) is 15.5 Å². The second-order valence-electron chi connectivity index (χ2n) is 6.64. The van der Waals surface area contributed by atoms with Crippen LogP contribution in [0.3, 0.4) is 0 Å². The molecular formula is C20H25N3O3S. The van der Waals surface area contributed by atoms with Gasteiger partial charge in [0.05, 0.1) is 4.88 Å². The fourth-order valence-electron chi connectivity index (χ4n) is 2.63. The monoisotopic (exact) mass is 387 g/mol. The standard InChI is InChI=1S/C20H25N3O3S/c1-13(2)17(22-19(25)16-6-5-11-27-16)20(26)23(4)12-14-7-9-15(10-8-14)18(24)21-3/h5-11,13,17H,12H2,1-4H3,(H,21,24)(H,22,25). The highest BCUT2D eigenvalue weighted by Gasteiger charge is 2.27. The van der Waals surface area contributed by atoms with Crippen molar-refractivity contribution in [3.8, 4) is 0 Å². The minimum absolute atomic E-state index is 0.0421. The number of likely N-dealkylation sites (N-methyl/N-ethyl adjacent to an activating group) is 1. The van der Waals surface area contributed by atoms with Crippen LogP contribution in [0.5, 0.6) is 0 Å². The minimum atomic E-state index is -0.602. The lowest BCUT2D eigenvalue weighted by atomic mass is 10.0. The first-order valence-corrected chi connectivity index (χ1v) is 9.61. The van der Waals surface area contributed by atoms with Crippen molar-refractivity contribution in [3.63, 3.8) is 0 Å². The Morgan fingerprint density at radius 3 is 2.26 bits per heavy atom. The molecule has 2 aromatic rings. The highest BCUT2D eigenvalue weighted by atomic mass is 32.1. The van der Waals surface area contributed by atoms with Gasteiger partial charge < -0.3 is 15.5 Å². The molecule has 144 valence electrons. The average molecular weight is 388 g/mol. The highest BCUT2D eigenvalue weighted by molar-refractivity contribution is 7.12. The molecule has 2 N–H and O–H groups in total. The van der Waals surface area contributed by atoms with Gasteiger partial charge >= 0.3 is 0 Å². The van der Waals surface area contributed by atoms with Crippen molar-refractivity contribution in [2.45, 2.75) is 26.4 Å². The Morgan fingerprint density at radius 2 is 1.74 bits per heavy atom. The summed E-state index contributed by atoms with van der Waals surface area (Å²) in [5.74, 6) is -0.577. The van der Waals surface area contributed by atoms with Crippen LogP contribution < -0.4 is 10.6 Å². The molecule has 0 aliphatic carbocycles. The summed E-state index contributed by atoms with van der Waals surface area (Å²) in [6, 6.07) is 10.0. The van der Waals surface area contributed by atoms with Crippen LogP contribution in [-0.4, -0.2) is 42.8 Å². The maximum atomic E-state index is 12.9. The summed E-state index contributed by atoms with van der Waals surface area (Å²) in [4.78, 5) is 39.0. The third-order valence-corrected chi connectivity index (χ3v) is 5.07. The largest absolute Gasteiger partial charge is 0.355 e. The van der Waals surface area contributed by atoms with E-state index in [0.29, 0.717) is 17.0 Å². The molecule has 0 aliphatic rings. The van der Waals surface area contributed by atoms with Crippen LogP contribution in [0, 0.1) is 5.92 Å². The van der Waals surface area contributed by atoms with Crippen LogP contribution in [0.25, 0.3) is 0 Å². The van der Waals surface area contributed by atoms with Crippen LogP contribution in [0.1, 0.15) is 39.4 Å². The molecule has 2 rings (SSSR count). The Hall–Kier alpha value is -2.67. The number of rotatable bonds is 7. The summed E-state index contributed by atoms with van der Waals surface area (Å²) in [5, 5.41) is 7.25. The van der Waals surface area contributed by atoms with Gasteiger partial charge in [-0.25, -0.2) is 0 Å². The molecule has 3 amide bonds. The van der Waals surface area contributed by atoms with Crippen molar-refractivity contribution < 1.29 is 14.4 Å². The molecule has 27 heavy (non-hydrogen) atoms. The maximum absolute atomic E-state index is 12.9. The number of carbonyl (C=O) groups excluding carboxylic acids is 3. The van der Waals surface area contributed by atoms with E-state index >= 15 is 0 Å². The smallest absolute Gasteiger partial charge is 0.262 e. The molecule has 1 atom stereocenters. The van der Waals surface area contributed by atoms with E-state index in [2.05, 4.69) is 10.6 Å². The van der Waals surface area contributed by atoms with Crippen molar-refractivity contribution in [3.05, 3.63) is 57.8 Å². The number of thiophene rings is 1. The fraction of sp³-hybridized carbons (Fsp3) is 0.350.